The summed E-state index contributed by atoms with van der Waals surface area (Å²) in [7, 11) is 1.63. The summed E-state index contributed by atoms with van der Waals surface area (Å²) in [6.07, 6.45) is 0. The second-order valence-electron chi connectivity index (χ2n) is 6.00. The van der Waals surface area contributed by atoms with Crippen molar-refractivity contribution in [3.05, 3.63) is 47.8 Å². The smallest absolute Gasteiger partial charge is 0.203 e. The minimum Gasteiger partial charge on any atom is -0.493 e. The van der Waals surface area contributed by atoms with E-state index in [4.69, 9.17) is 14.2 Å². The molecular formula is C19H20N4O3. The fraction of sp³-hybridized carbons (Fsp3) is 0.263. The van der Waals surface area contributed by atoms with Crippen molar-refractivity contribution in [3.63, 3.8) is 0 Å². The van der Waals surface area contributed by atoms with Crippen LogP contribution in [0.25, 0.3) is 11.4 Å². The molecule has 2 heterocycles. The Balaban J connectivity index is 1.52. The molecule has 0 bridgehead atoms. The number of hydrogen-bond acceptors (Lipinski definition) is 6. The van der Waals surface area contributed by atoms with Crippen LogP contribution >= 0.6 is 0 Å². The first-order chi connectivity index (χ1) is 12.7. The molecule has 2 N–H and O–H groups in total. The maximum atomic E-state index is 5.69. The lowest BCUT2D eigenvalue weighted by Gasteiger charge is -2.21. The Morgan fingerprint density at radius 3 is 2.88 bits per heavy atom. The van der Waals surface area contributed by atoms with Crippen LogP contribution < -0.4 is 19.5 Å². The number of rotatable bonds is 5. The van der Waals surface area contributed by atoms with Gasteiger partial charge in [0.15, 0.2) is 17.3 Å². The largest absolute Gasteiger partial charge is 0.493 e. The zero-order valence-corrected chi connectivity index (χ0v) is 14.7. The third-order valence-electron chi connectivity index (χ3n) is 4.10. The van der Waals surface area contributed by atoms with Gasteiger partial charge in [-0.3, -0.25) is 5.10 Å². The van der Waals surface area contributed by atoms with E-state index in [0.29, 0.717) is 37.1 Å². The number of nitrogens with zero attached hydrogens (tertiary/aromatic N) is 2. The Morgan fingerprint density at radius 1 is 1.19 bits per heavy atom. The number of fused-ring (bicyclic) bond motifs is 1. The first-order valence-corrected chi connectivity index (χ1v) is 8.43. The molecule has 3 aromatic rings. The van der Waals surface area contributed by atoms with Gasteiger partial charge < -0.3 is 19.5 Å². The average Bonchev–Trinajstić information content (AvgIpc) is 3.12. The minimum atomic E-state index is 0.536. The van der Waals surface area contributed by atoms with Gasteiger partial charge >= 0.3 is 0 Å². The van der Waals surface area contributed by atoms with Gasteiger partial charge in [0, 0.05) is 17.8 Å². The third-order valence-corrected chi connectivity index (χ3v) is 4.10. The predicted octanol–water partition coefficient (Wildman–Crippen LogP) is 3.17. The molecule has 0 aliphatic carbocycles. The Kier molecular flexibility index (Phi) is 4.35. The molecular weight excluding hydrogens is 332 g/mol. The SMILES string of the molecule is COc1cc(CNc2cccc(-c3n[nH]c(C)n3)c2)cc2c1OCCO2. The lowest BCUT2D eigenvalue weighted by Crippen LogP contribution is -2.16. The summed E-state index contributed by atoms with van der Waals surface area (Å²) in [5.41, 5.74) is 2.99. The first kappa shape index (κ1) is 16.3. The second-order valence-corrected chi connectivity index (χ2v) is 6.00. The molecule has 26 heavy (non-hydrogen) atoms. The fourth-order valence-corrected chi connectivity index (χ4v) is 2.87. The molecule has 0 atom stereocenters. The van der Waals surface area contributed by atoms with Crippen LogP contribution in [0.5, 0.6) is 17.2 Å². The van der Waals surface area contributed by atoms with Gasteiger partial charge in [-0.15, -0.1) is 0 Å². The molecule has 1 aromatic heterocycles. The summed E-state index contributed by atoms with van der Waals surface area (Å²) in [6.45, 7) is 3.59. The van der Waals surface area contributed by atoms with Crippen LogP contribution in [0.4, 0.5) is 5.69 Å². The molecule has 1 aliphatic heterocycles. The Labute approximate surface area is 151 Å². The molecule has 7 nitrogen and oxygen atoms in total. The maximum Gasteiger partial charge on any atom is 0.203 e. The summed E-state index contributed by atoms with van der Waals surface area (Å²) in [4.78, 5) is 4.37. The Hall–Kier alpha value is -3.22. The van der Waals surface area contributed by atoms with E-state index in [1.54, 1.807) is 7.11 Å². The Morgan fingerprint density at radius 2 is 2.08 bits per heavy atom. The summed E-state index contributed by atoms with van der Waals surface area (Å²) in [6, 6.07) is 11.9. The van der Waals surface area contributed by atoms with Crippen molar-refractivity contribution in [3.8, 4) is 28.6 Å². The van der Waals surface area contributed by atoms with Crippen LogP contribution in [-0.4, -0.2) is 35.5 Å². The molecule has 7 heteroatoms. The molecule has 0 saturated carbocycles. The number of benzene rings is 2. The monoisotopic (exact) mass is 352 g/mol. The van der Waals surface area contributed by atoms with Crippen LogP contribution in [0.15, 0.2) is 36.4 Å². The number of anilines is 1. The summed E-state index contributed by atoms with van der Waals surface area (Å²) in [5, 5.41) is 10.5. The highest BCUT2D eigenvalue weighted by Crippen LogP contribution is 2.40. The minimum absolute atomic E-state index is 0.536. The number of aromatic amines is 1. The van der Waals surface area contributed by atoms with E-state index in [2.05, 4.69) is 20.5 Å². The average molecular weight is 352 g/mol. The van der Waals surface area contributed by atoms with Gasteiger partial charge in [0.1, 0.15) is 19.0 Å². The zero-order valence-electron chi connectivity index (χ0n) is 14.7. The van der Waals surface area contributed by atoms with Gasteiger partial charge in [-0.2, -0.15) is 5.10 Å². The van der Waals surface area contributed by atoms with Crippen molar-refractivity contribution < 1.29 is 14.2 Å². The summed E-state index contributed by atoms with van der Waals surface area (Å²) >= 11 is 0. The van der Waals surface area contributed by atoms with Gasteiger partial charge in [-0.1, -0.05) is 12.1 Å². The summed E-state index contributed by atoms with van der Waals surface area (Å²) < 4.78 is 16.8. The van der Waals surface area contributed by atoms with Crippen molar-refractivity contribution in [1.29, 1.82) is 0 Å². The van der Waals surface area contributed by atoms with Crippen molar-refractivity contribution in [2.24, 2.45) is 0 Å². The molecule has 2 aromatic carbocycles. The topological polar surface area (TPSA) is 81.3 Å². The maximum absolute atomic E-state index is 5.69. The predicted molar refractivity (Wildman–Crippen MR) is 97.9 cm³/mol. The van der Waals surface area contributed by atoms with Crippen molar-refractivity contribution >= 4 is 5.69 Å². The normalized spacial score (nSPS) is 12.7. The quantitative estimate of drug-likeness (QED) is 0.734. The molecule has 0 saturated heterocycles. The van der Waals surface area contributed by atoms with E-state index >= 15 is 0 Å². The van der Waals surface area contributed by atoms with Gasteiger partial charge in [-0.25, -0.2) is 4.98 Å². The zero-order chi connectivity index (χ0) is 17.9. The van der Waals surface area contributed by atoms with Crippen LogP contribution in [0.2, 0.25) is 0 Å². The molecule has 0 fully saturated rings. The lowest BCUT2D eigenvalue weighted by atomic mass is 10.1. The van der Waals surface area contributed by atoms with Crippen molar-refractivity contribution in [1.82, 2.24) is 15.2 Å². The van der Waals surface area contributed by atoms with Crippen LogP contribution in [0.1, 0.15) is 11.4 Å². The number of H-pyrrole nitrogens is 1. The number of ether oxygens (including phenoxy) is 3. The standard InChI is InChI=1S/C19H20N4O3/c1-12-21-19(23-22-12)14-4-3-5-15(10-14)20-11-13-8-16(24-2)18-17(9-13)25-6-7-26-18/h3-5,8-10,20H,6-7,11H2,1-2H3,(H,21,22,23). The molecule has 0 spiro atoms. The van der Waals surface area contributed by atoms with Crippen LogP contribution in [-0.2, 0) is 6.54 Å². The van der Waals surface area contributed by atoms with E-state index in [1.165, 1.54) is 0 Å². The second kappa shape index (κ2) is 6.95. The highest BCUT2D eigenvalue weighted by Gasteiger charge is 2.18. The van der Waals surface area contributed by atoms with E-state index in [1.807, 2.05) is 43.3 Å². The number of nitrogens with one attached hydrogen (secondary N) is 2. The van der Waals surface area contributed by atoms with E-state index in [9.17, 15) is 0 Å². The van der Waals surface area contributed by atoms with Gasteiger partial charge in [0.25, 0.3) is 0 Å². The fourth-order valence-electron chi connectivity index (χ4n) is 2.87. The molecule has 4 rings (SSSR count). The first-order valence-electron chi connectivity index (χ1n) is 8.43. The number of aryl methyl sites for hydroxylation is 1. The number of methoxy groups -OCH3 is 1. The molecule has 0 radical (unpaired) electrons. The van der Waals surface area contributed by atoms with Gasteiger partial charge in [0.2, 0.25) is 5.75 Å². The summed E-state index contributed by atoms with van der Waals surface area (Å²) in [5.74, 6) is 3.56. The molecule has 0 amide bonds. The molecule has 134 valence electrons. The van der Waals surface area contributed by atoms with E-state index in [-0.39, 0.29) is 0 Å². The molecule has 0 unspecified atom stereocenters. The number of hydrogen-bond donors (Lipinski definition) is 2. The van der Waals surface area contributed by atoms with Crippen molar-refractivity contribution in [2.45, 2.75) is 13.5 Å². The molecule has 1 aliphatic rings. The van der Waals surface area contributed by atoms with Crippen LogP contribution in [0.3, 0.4) is 0 Å². The highest BCUT2D eigenvalue weighted by molar-refractivity contribution is 5.62. The van der Waals surface area contributed by atoms with E-state index in [0.717, 1.165) is 28.4 Å². The van der Waals surface area contributed by atoms with Gasteiger partial charge in [-0.05, 0) is 36.8 Å². The van der Waals surface area contributed by atoms with Gasteiger partial charge in [0.05, 0.1) is 7.11 Å². The third kappa shape index (κ3) is 3.28. The van der Waals surface area contributed by atoms with Crippen LogP contribution in [0, 0.1) is 6.92 Å². The Bertz CT molecular complexity index is 906. The highest BCUT2D eigenvalue weighted by atomic mass is 16.6. The van der Waals surface area contributed by atoms with Crippen molar-refractivity contribution in [2.75, 3.05) is 25.6 Å². The van der Waals surface area contributed by atoms with E-state index < -0.39 is 0 Å². The lowest BCUT2D eigenvalue weighted by molar-refractivity contribution is 0.165. The number of aromatic nitrogens is 3.